The van der Waals surface area contributed by atoms with Crippen LogP contribution in [-0.2, 0) is 0 Å². The van der Waals surface area contributed by atoms with Gasteiger partial charge in [-0.15, -0.1) is 0 Å². The summed E-state index contributed by atoms with van der Waals surface area (Å²) in [6.45, 7) is 0. The Labute approximate surface area is 298 Å². The number of furan rings is 1. The second-order valence-electron chi connectivity index (χ2n) is 13.2. The molecule has 11 rings (SSSR count). The molecular weight excluding hydrogens is 637 g/mol. The van der Waals surface area contributed by atoms with Crippen LogP contribution in [0.2, 0.25) is 0 Å². The van der Waals surface area contributed by atoms with E-state index < -0.39 is 0 Å². The molecule has 0 aliphatic rings. The van der Waals surface area contributed by atoms with Crippen molar-refractivity contribution in [2.75, 3.05) is 0 Å². The summed E-state index contributed by atoms with van der Waals surface area (Å²) in [5.41, 5.74) is 7.47. The third-order valence-electron chi connectivity index (χ3n) is 10.2. The van der Waals surface area contributed by atoms with Gasteiger partial charge in [0.15, 0.2) is 23.1 Å². The second kappa shape index (κ2) is 11.2. The molecule has 3 heterocycles. The number of para-hydroxylation sites is 2. The van der Waals surface area contributed by atoms with Gasteiger partial charge in [0.25, 0.3) is 0 Å². The summed E-state index contributed by atoms with van der Waals surface area (Å²) in [5.74, 6) is 1.78. The van der Waals surface area contributed by atoms with Crippen molar-refractivity contribution in [1.29, 1.82) is 0 Å². The van der Waals surface area contributed by atoms with Crippen molar-refractivity contribution < 1.29 is 4.42 Å². The Morgan fingerprint density at radius 1 is 0.385 bits per heavy atom. The first-order chi connectivity index (χ1) is 25.8. The lowest BCUT2D eigenvalue weighted by Gasteiger charge is -2.10. The van der Waals surface area contributed by atoms with Gasteiger partial charge >= 0.3 is 0 Å². The maximum Gasteiger partial charge on any atom is 0.167 e. The van der Waals surface area contributed by atoms with E-state index in [4.69, 9.17) is 19.4 Å². The molecule has 11 aromatic rings. The number of nitrogens with zero attached hydrogens (tertiary/aromatic N) is 4. The van der Waals surface area contributed by atoms with Gasteiger partial charge < -0.3 is 8.98 Å². The SMILES string of the molecule is c1ccc(-c2nc(-c3ccccc3)nc(-c3cc4ccccc4c4c3oc3c(-n5c6ccccc6c6cc7ccccc7cc65)cccc34)n2)cc1. The van der Waals surface area contributed by atoms with E-state index in [-0.39, 0.29) is 0 Å². The van der Waals surface area contributed by atoms with Crippen LogP contribution in [0.4, 0.5) is 0 Å². The fraction of sp³-hybridized carbons (Fsp3) is 0. The maximum absolute atomic E-state index is 7.16. The summed E-state index contributed by atoms with van der Waals surface area (Å²) < 4.78 is 9.51. The van der Waals surface area contributed by atoms with Crippen LogP contribution in [0.15, 0.2) is 174 Å². The number of fused-ring (bicyclic) bond motifs is 9. The van der Waals surface area contributed by atoms with Gasteiger partial charge in [0.05, 0.1) is 22.3 Å². The van der Waals surface area contributed by atoms with Crippen molar-refractivity contribution in [1.82, 2.24) is 19.5 Å². The van der Waals surface area contributed by atoms with E-state index in [0.717, 1.165) is 66.1 Å². The quantitative estimate of drug-likeness (QED) is 0.188. The molecule has 0 fully saturated rings. The third-order valence-corrected chi connectivity index (χ3v) is 10.2. The maximum atomic E-state index is 7.16. The van der Waals surface area contributed by atoms with Crippen molar-refractivity contribution in [3.63, 3.8) is 0 Å². The molecule has 242 valence electrons. The largest absolute Gasteiger partial charge is 0.453 e. The van der Waals surface area contributed by atoms with Crippen molar-refractivity contribution >= 4 is 65.3 Å². The minimum absolute atomic E-state index is 0.562. The highest BCUT2D eigenvalue weighted by Crippen LogP contribution is 2.44. The van der Waals surface area contributed by atoms with E-state index in [9.17, 15) is 0 Å². The Balaban J connectivity index is 1.24. The van der Waals surface area contributed by atoms with Gasteiger partial charge in [-0.25, -0.2) is 15.0 Å². The van der Waals surface area contributed by atoms with Crippen LogP contribution in [0.1, 0.15) is 0 Å². The zero-order valence-electron chi connectivity index (χ0n) is 27.9. The van der Waals surface area contributed by atoms with Crippen LogP contribution in [0.3, 0.4) is 0 Å². The van der Waals surface area contributed by atoms with Gasteiger partial charge in [0.1, 0.15) is 5.58 Å². The number of aromatic nitrogens is 4. The molecule has 0 spiro atoms. The van der Waals surface area contributed by atoms with E-state index >= 15 is 0 Å². The van der Waals surface area contributed by atoms with Crippen molar-refractivity contribution in [2.24, 2.45) is 0 Å². The number of hydrogen-bond acceptors (Lipinski definition) is 4. The lowest BCUT2D eigenvalue weighted by molar-refractivity contribution is 0.667. The van der Waals surface area contributed by atoms with E-state index in [1.165, 1.54) is 21.5 Å². The first-order valence-corrected chi connectivity index (χ1v) is 17.5. The summed E-state index contributed by atoms with van der Waals surface area (Å²) in [4.78, 5) is 15.2. The molecule has 5 heteroatoms. The minimum atomic E-state index is 0.562. The standard InChI is InChI=1S/C47H28N4O/c1-3-14-29(15-4-1)45-48-46(30-16-5-2-6-17-30)50-47(49-45)38-27-33-20-9-10-21-34(33)42-36-23-13-25-40(43(36)52-44(38)42)51-39-24-12-11-22-35(39)37-26-31-18-7-8-19-32(31)28-41(37)51/h1-28H. The Morgan fingerprint density at radius 2 is 0.962 bits per heavy atom. The molecule has 0 bridgehead atoms. The van der Waals surface area contributed by atoms with Gasteiger partial charge in [0.2, 0.25) is 0 Å². The monoisotopic (exact) mass is 664 g/mol. The second-order valence-corrected chi connectivity index (χ2v) is 13.2. The molecule has 0 saturated heterocycles. The van der Waals surface area contributed by atoms with E-state index in [2.05, 4.69) is 114 Å². The summed E-state index contributed by atoms with van der Waals surface area (Å²) in [5, 5.41) is 9.11. The van der Waals surface area contributed by atoms with Crippen LogP contribution >= 0.6 is 0 Å². The van der Waals surface area contributed by atoms with Crippen molar-refractivity contribution in [3.05, 3.63) is 170 Å². The highest BCUT2D eigenvalue weighted by molar-refractivity contribution is 6.24. The van der Waals surface area contributed by atoms with Gasteiger partial charge in [-0.2, -0.15) is 0 Å². The molecule has 0 aliphatic heterocycles. The first-order valence-electron chi connectivity index (χ1n) is 17.5. The molecule has 3 aromatic heterocycles. The minimum Gasteiger partial charge on any atom is -0.453 e. The smallest absolute Gasteiger partial charge is 0.167 e. The zero-order chi connectivity index (χ0) is 34.2. The molecule has 8 aromatic carbocycles. The molecule has 0 aliphatic carbocycles. The summed E-state index contributed by atoms with van der Waals surface area (Å²) in [7, 11) is 0. The highest BCUT2D eigenvalue weighted by Gasteiger charge is 2.23. The highest BCUT2D eigenvalue weighted by atomic mass is 16.3. The fourth-order valence-corrected chi connectivity index (χ4v) is 7.82. The van der Waals surface area contributed by atoms with Crippen LogP contribution in [-0.4, -0.2) is 19.5 Å². The lowest BCUT2D eigenvalue weighted by Crippen LogP contribution is -2.00. The van der Waals surface area contributed by atoms with Crippen molar-refractivity contribution in [3.8, 4) is 39.9 Å². The molecule has 0 saturated carbocycles. The molecule has 0 amide bonds. The molecule has 0 atom stereocenters. The number of rotatable bonds is 4. The predicted octanol–water partition coefficient (Wildman–Crippen LogP) is 12.2. The van der Waals surface area contributed by atoms with E-state index in [0.29, 0.717) is 17.5 Å². The molecule has 52 heavy (non-hydrogen) atoms. The van der Waals surface area contributed by atoms with Gasteiger partial charge in [-0.1, -0.05) is 140 Å². The van der Waals surface area contributed by atoms with Gasteiger partial charge in [-0.05, 0) is 51.9 Å². The van der Waals surface area contributed by atoms with E-state index in [1.807, 2.05) is 60.7 Å². The van der Waals surface area contributed by atoms with E-state index in [1.54, 1.807) is 0 Å². The molecular formula is C47H28N4O. The Bertz CT molecular complexity index is 3120. The average molecular weight is 665 g/mol. The summed E-state index contributed by atoms with van der Waals surface area (Å²) in [6, 6.07) is 59.1. The first kappa shape index (κ1) is 28.7. The molecule has 0 unspecified atom stereocenters. The fourth-order valence-electron chi connectivity index (χ4n) is 7.82. The summed E-state index contributed by atoms with van der Waals surface area (Å²) in [6.07, 6.45) is 0. The lowest BCUT2D eigenvalue weighted by atomic mass is 9.99. The van der Waals surface area contributed by atoms with Gasteiger partial charge in [0, 0.05) is 32.7 Å². The Kier molecular flexibility index (Phi) is 6.18. The topological polar surface area (TPSA) is 56.7 Å². The van der Waals surface area contributed by atoms with Crippen LogP contribution in [0.25, 0.3) is 105 Å². The van der Waals surface area contributed by atoms with Crippen molar-refractivity contribution in [2.45, 2.75) is 0 Å². The summed E-state index contributed by atoms with van der Waals surface area (Å²) >= 11 is 0. The number of benzene rings is 8. The Hall–Kier alpha value is -7.11. The predicted molar refractivity (Wildman–Crippen MR) is 213 cm³/mol. The van der Waals surface area contributed by atoms with Crippen LogP contribution in [0.5, 0.6) is 0 Å². The van der Waals surface area contributed by atoms with Crippen LogP contribution < -0.4 is 0 Å². The third kappa shape index (κ3) is 4.33. The van der Waals surface area contributed by atoms with Gasteiger partial charge in [-0.3, -0.25) is 0 Å². The normalized spacial score (nSPS) is 11.8. The molecule has 5 nitrogen and oxygen atoms in total. The molecule has 0 N–H and O–H groups in total. The molecule has 0 radical (unpaired) electrons. The zero-order valence-corrected chi connectivity index (χ0v) is 27.9. The average Bonchev–Trinajstić information content (AvgIpc) is 3.76. The number of hydrogen-bond donors (Lipinski definition) is 0. The van der Waals surface area contributed by atoms with Crippen LogP contribution in [0, 0.1) is 0 Å². The Morgan fingerprint density at radius 3 is 1.69 bits per heavy atom.